The zero-order valence-electron chi connectivity index (χ0n) is 19.7. The lowest BCUT2D eigenvalue weighted by Gasteiger charge is -2.37. The summed E-state index contributed by atoms with van der Waals surface area (Å²) >= 11 is 0. The molecule has 2 saturated heterocycles. The van der Waals surface area contributed by atoms with Gasteiger partial charge < -0.3 is 14.7 Å². The van der Waals surface area contributed by atoms with E-state index in [-0.39, 0.29) is 29.9 Å². The number of hydrogen-bond donors (Lipinski definition) is 2. The number of carbonyl (C=O) groups excluding carboxylic acids is 1. The molecule has 0 aliphatic carbocycles. The van der Waals surface area contributed by atoms with E-state index in [0.717, 1.165) is 44.5 Å². The van der Waals surface area contributed by atoms with E-state index >= 15 is 0 Å². The van der Waals surface area contributed by atoms with Crippen molar-refractivity contribution in [2.45, 2.75) is 61.7 Å². The van der Waals surface area contributed by atoms with Gasteiger partial charge >= 0.3 is 0 Å². The maximum absolute atomic E-state index is 13.1. The molecule has 3 atom stereocenters. The van der Waals surface area contributed by atoms with Crippen molar-refractivity contribution >= 4 is 15.9 Å². The Labute approximate surface area is 206 Å². The molecule has 2 N–H and O–H groups in total. The third-order valence-corrected chi connectivity index (χ3v) is 8.47. The van der Waals surface area contributed by atoms with Crippen LogP contribution in [0.3, 0.4) is 0 Å². The molecule has 2 aliphatic rings. The summed E-state index contributed by atoms with van der Waals surface area (Å²) < 4.78 is 46.9. The summed E-state index contributed by atoms with van der Waals surface area (Å²) in [5.41, 5.74) is 1.33. The highest BCUT2D eigenvalue weighted by molar-refractivity contribution is 7.89. The van der Waals surface area contributed by atoms with E-state index in [4.69, 9.17) is 4.74 Å². The van der Waals surface area contributed by atoms with Gasteiger partial charge in [0.1, 0.15) is 5.82 Å². The predicted molar refractivity (Wildman–Crippen MR) is 130 cm³/mol. The van der Waals surface area contributed by atoms with Gasteiger partial charge in [0, 0.05) is 13.1 Å². The highest BCUT2D eigenvalue weighted by Gasteiger charge is 2.35. The first-order chi connectivity index (χ1) is 16.8. The molecule has 190 valence electrons. The molecular formula is C26H33FN2O5S. The number of benzene rings is 2. The monoisotopic (exact) mass is 504 g/mol. The molecule has 0 radical (unpaired) electrons. The van der Waals surface area contributed by atoms with E-state index in [1.165, 1.54) is 17.7 Å². The summed E-state index contributed by atoms with van der Waals surface area (Å²) in [6.07, 6.45) is 3.00. The van der Waals surface area contributed by atoms with Crippen LogP contribution < -0.4 is 4.72 Å². The molecule has 0 aromatic heterocycles. The number of nitrogens with zero attached hydrogens (tertiary/aromatic N) is 1. The number of carbonyl (C=O) groups is 1. The van der Waals surface area contributed by atoms with Crippen LogP contribution in [-0.4, -0.2) is 62.3 Å². The number of hydrogen-bond acceptors (Lipinski definition) is 5. The van der Waals surface area contributed by atoms with Crippen molar-refractivity contribution in [3.05, 3.63) is 66.0 Å². The fourth-order valence-corrected chi connectivity index (χ4v) is 6.25. The summed E-state index contributed by atoms with van der Waals surface area (Å²) in [7, 11) is -3.89. The molecule has 0 bridgehead atoms. The minimum absolute atomic E-state index is 0.0372. The molecule has 9 heteroatoms. The number of rotatable bonds is 8. The van der Waals surface area contributed by atoms with Crippen molar-refractivity contribution in [3.63, 3.8) is 0 Å². The molecule has 2 fully saturated rings. The maximum Gasteiger partial charge on any atom is 0.240 e. The third-order valence-electron chi connectivity index (χ3n) is 6.96. The van der Waals surface area contributed by atoms with Crippen molar-refractivity contribution in [3.8, 4) is 0 Å². The molecule has 2 heterocycles. The van der Waals surface area contributed by atoms with Gasteiger partial charge in [-0.2, -0.15) is 0 Å². The highest BCUT2D eigenvalue weighted by atomic mass is 32.2. The number of ether oxygens (including phenoxy) is 1. The normalized spacial score (nSPS) is 23.8. The molecule has 0 spiro atoms. The Hall–Kier alpha value is -2.33. The van der Waals surface area contributed by atoms with Crippen LogP contribution in [0.2, 0.25) is 0 Å². The third kappa shape index (κ3) is 6.88. The van der Waals surface area contributed by atoms with Crippen molar-refractivity contribution in [2.75, 3.05) is 19.7 Å². The van der Waals surface area contributed by atoms with Crippen LogP contribution in [0.25, 0.3) is 0 Å². The number of halogens is 1. The van der Waals surface area contributed by atoms with Gasteiger partial charge in [-0.1, -0.05) is 30.3 Å². The Balaban J connectivity index is 1.25. The highest BCUT2D eigenvalue weighted by Crippen LogP contribution is 2.26. The van der Waals surface area contributed by atoms with Crippen LogP contribution in [0.4, 0.5) is 4.39 Å². The number of amides is 1. The predicted octanol–water partition coefficient (Wildman–Crippen LogP) is 2.88. The fraction of sp³-hybridized carbons (Fsp3) is 0.500. The number of likely N-dealkylation sites (tertiary alicyclic amines) is 1. The fourth-order valence-electron chi connectivity index (χ4n) is 4.96. The standard InChI is InChI=1S/C26H33FN2O5S/c27-21-6-9-23(10-7-21)35(32,33)28-24-11-8-22(34-25(24)18-30)17-26(31)29-14-12-20(13-15-29)16-19-4-2-1-3-5-19/h1-7,9-10,20,22,24-25,28,30H,8,11-18H2/t22-,24-,25-/m0/s1. The molecular weight excluding hydrogens is 471 g/mol. The van der Waals surface area contributed by atoms with E-state index in [1.807, 2.05) is 11.0 Å². The number of piperidine rings is 1. The van der Waals surface area contributed by atoms with Crippen molar-refractivity contribution < 1.29 is 27.4 Å². The van der Waals surface area contributed by atoms with Crippen LogP contribution >= 0.6 is 0 Å². The first-order valence-corrected chi connectivity index (χ1v) is 13.7. The number of aliphatic hydroxyl groups excluding tert-OH is 1. The quantitative estimate of drug-likeness (QED) is 0.577. The maximum atomic E-state index is 13.1. The van der Waals surface area contributed by atoms with Gasteiger partial charge in [0.25, 0.3) is 0 Å². The molecule has 1 amide bonds. The van der Waals surface area contributed by atoms with Crippen molar-refractivity contribution in [1.82, 2.24) is 9.62 Å². The molecule has 35 heavy (non-hydrogen) atoms. The summed E-state index contributed by atoms with van der Waals surface area (Å²) in [4.78, 5) is 14.7. The Morgan fingerprint density at radius 3 is 2.37 bits per heavy atom. The van der Waals surface area contributed by atoms with Gasteiger partial charge in [-0.05, 0) is 67.9 Å². The van der Waals surface area contributed by atoms with Crippen molar-refractivity contribution in [2.24, 2.45) is 5.92 Å². The number of aliphatic hydroxyl groups is 1. The number of sulfonamides is 1. The van der Waals surface area contributed by atoms with Gasteiger partial charge in [-0.25, -0.2) is 17.5 Å². The van der Waals surface area contributed by atoms with Gasteiger partial charge in [-0.15, -0.1) is 0 Å². The lowest BCUT2D eigenvalue weighted by atomic mass is 9.90. The molecule has 2 aromatic carbocycles. The van der Waals surface area contributed by atoms with Gasteiger partial charge in [-0.3, -0.25) is 4.79 Å². The average Bonchev–Trinajstić information content (AvgIpc) is 2.86. The lowest BCUT2D eigenvalue weighted by molar-refractivity contribution is -0.141. The second kappa shape index (κ2) is 11.6. The first kappa shape index (κ1) is 25.8. The smallest absolute Gasteiger partial charge is 0.240 e. The van der Waals surface area contributed by atoms with Crippen molar-refractivity contribution in [1.29, 1.82) is 0 Å². The Kier molecular flexibility index (Phi) is 8.54. The molecule has 2 aliphatic heterocycles. The number of nitrogens with one attached hydrogen (secondary N) is 1. The van der Waals surface area contributed by atoms with Gasteiger partial charge in [0.05, 0.1) is 36.2 Å². The van der Waals surface area contributed by atoms with Crippen LogP contribution in [0.15, 0.2) is 59.5 Å². The largest absolute Gasteiger partial charge is 0.394 e. The lowest BCUT2D eigenvalue weighted by Crippen LogP contribution is -2.51. The Bertz CT molecular complexity index is 1070. The summed E-state index contributed by atoms with van der Waals surface area (Å²) in [5.74, 6) is 0.0855. The second-order valence-corrected chi connectivity index (χ2v) is 11.2. The first-order valence-electron chi connectivity index (χ1n) is 12.2. The van der Waals surface area contributed by atoms with Crippen LogP contribution in [0.1, 0.15) is 37.7 Å². The Morgan fingerprint density at radius 2 is 1.71 bits per heavy atom. The molecule has 0 saturated carbocycles. The summed E-state index contributed by atoms with van der Waals surface area (Å²) in [6.45, 7) is 1.09. The topological polar surface area (TPSA) is 95.9 Å². The minimum atomic E-state index is -3.89. The SMILES string of the molecule is O=C(C[C@@H]1CC[C@H](NS(=O)(=O)c2ccc(F)cc2)[C@H](CO)O1)N1CCC(Cc2ccccc2)CC1. The Morgan fingerprint density at radius 1 is 1.03 bits per heavy atom. The van der Waals surface area contributed by atoms with Crippen LogP contribution in [-0.2, 0) is 26.0 Å². The summed E-state index contributed by atoms with van der Waals surface area (Å²) in [5, 5.41) is 9.81. The average molecular weight is 505 g/mol. The zero-order chi connectivity index (χ0) is 24.8. The van der Waals surface area contributed by atoms with E-state index < -0.39 is 28.0 Å². The molecule has 0 unspecified atom stereocenters. The molecule has 4 rings (SSSR count). The van der Waals surface area contributed by atoms with Crippen LogP contribution in [0, 0.1) is 11.7 Å². The van der Waals surface area contributed by atoms with E-state index in [9.17, 15) is 22.7 Å². The molecule has 7 nitrogen and oxygen atoms in total. The van der Waals surface area contributed by atoms with E-state index in [0.29, 0.717) is 18.8 Å². The van der Waals surface area contributed by atoms with E-state index in [2.05, 4.69) is 29.0 Å². The zero-order valence-corrected chi connectivity index (χ0v) is 20.5. The summed E-state index contributed by atoms with van der Waals surface area (Å²) in [6, 6.07) is 14.3. The van der Waals surface area contributed by atoms with Gasteiger partial charge in [0.2, 0.25) is 15.9 Å². The second-order valence-electron chi connectivity index (χ2n) is 9.46. The molecule has 2 aromatic rings. The van der Waals surface area contributed by atoms with Crippen LogP contribution in [0.5, 0.6) is 0 Å². The van der Waals surface area contributed by atoms with E-state index in [1.54, 1.807) is 0 Å². The minimum Gasteiger partial charge on any atom is -0.394 e. The van der Waals surface area contributed by atoms with Gasteiger partial charge in [0.15, 0.2) is 0 Å².